The summed E-state index contributed by atoms with van der Waals surface area (Å²) in [6, 6.07) is 5.52. The largest absolute Gasteiger partial charge is 0.548 e. The van der Waals surface area contributed by atoms with Crippen LogP contribution < -0.4 is 16.2 Å². The van der Waals surface area contributed by atoms with E-state index in [2.05, 4.69) is 10.3 Å². The first kappa shape index (κ1) is 20.9. The first-order valence-electron chi connectivity index (χ1n) is 9.68. The molecule has 2 saturated heterocycles. The molecule has 4 heterocycles. The molecule has 9 nitrogen and oxygen atoms in total. The number of alkyl carbamates (subject to hydrolysis) is 1. The van der Waals surface area contributed by atoms with Crippen LogP contribution in [0.15, 0.2) is 41.4 Å². The first-order chi connectivity index (χ1) is 14.8. The monoisotopic (exact) mass is 441 g/mol. The van der Waals surface area contributed by atoms with Gasteiger partial charge in [0.2, 0.25) is 0 Å². The average Bonchev–Trinajstić information content (AvgIpc) is 3.29. The van der Waals surface area contributed by atoms with E-state index in [0.717, 1.165) is 5.56 Å². The van der Waals surface area contributed by atoms with Gasteiger partial charge < -0.3 is 30.6 Å². The molecule has 0 bridgehead atoms. The first-order valence-corrected chi connectivity index (χ1v) is 10.6. The molecular formula is C21H21N4O5S-. The van der Waals surface area contributed by atoms with E-state index in [-0.39, 0.29) is 25.1 Å². The fourth-order valence-electron chi connectivity index (χ4n) is 4.17. The molecule has 2 aliphatic rings. The minimum atomic E-state index is -1.37. The van der Waals surface area contributed by atoms with E-state index in [4.69, 9.17) is 10.5 Å². The van der Waals surface area contributed by atoms with Gasteiger partial charge in [-0.05, 0) is 41.6 Å². The third kappa shape index (κ3) is 3.98. The number of anilines is 1. The molecule has 2 amide bonds. The van der Waals surface area contributed by atoms with E-state index in [1.165, 1.54) is 16.2 Å². The zero-order chi connectivity index (χ0) is 22.2. The lowest BCUT2D eigenvalue weighted by molar-refractivity contribution is -0.314. The Morgan fingerprint density at radius 1 is 1.48 bits per heavy atom. The van der Waals surface area contributed by atoms with Crippen molar-refractivity contribution in [2.24, 2.45) is 5.41 Å². The van der Waals surface area contributed by atoms with Crippen molar-refractivity contribution in [1.29, 1.82) is 0 Å². The number of nitrogens with one attached hydrogen (secondary N) is 1. The smallest absolute Gasteiger partial charge is 0.407 e. The van der Waals surface area contributed by atoms with Crippen molar-refractivity contribution in [2.45, 2.75) is 32.0 Å². The highest BCUT2D eigenvalue weighted by molar-refractivity contribution is 7.14. The summed E-state index contributed by atoms with van der Waals surface area (Å²) in [5.74, 6) is -1.74. The topological polar surface area (TPSA) is 138 Å². The zero-order valence-electron chi connectivity index (χ0n) is 16.7. The molecule has 3 atom stereocenters. The summed E-state index contributed by atoms with van der Waals surface area (Å²) in [6.45, 7) is 1.77. The van der Waals surface area contributed by atoms with Crippen LogP contribution >= 0.6 is 11.3 Å². The van der Waals surface area contributed by atoms with Crippen molar-refractivity contribution in [1.82, 2.24) is 15.2 Å². The number of fused-ring (bicyclic) bond motifs is 1. The number of β-lactam (4-membered cyclic amide) rings is 1. The highest BCUT2D eigenvalue weighted by atomic mass is 32.1. The summed E-state index contributed by atoms with van der Waals surface area (Å²) >= 11 is 1.37. The van der Waals surface area contributed by atoms with Crippen LogP contribution in [0.5, 0.6) is 0 Å². The van der Waals surface area contributed by atoms with E-state index in [1.807, 2.05) is 5.38 Å². The van der Waals surface area contributed by atoms with Gasteiger partial charge in [0.25, 0.3) is 5.91 Å². The molecule has 31 heavy (non-hydrogen) atoms. The van der Waals surface area contributed by atoms with E-state index >= 15 is 0 Å². The van der Waals surface area contributed by atoms with Crippen LogP contribution in [0.3, 0.4) is 0 Å². The number of nitrogens with two attached hydrogens (primary N) is 1. The second-order valence-electron chi connectivity index (χ2n) is 7.95. The molecule has 0 aliphatic carbocycles. The van der Waals surface area contributed by atoms with E-state index < -0.39 is 23.5 Å². The number of pyridine rings is 1. The number of ether oxygens (including phenoxy) is 1. The molecule has 1 unspecified atom stereocenters. The summed E-state index contributed by atoms with van der Waals surface area (Å²) in [5.41, 5.74) is 6.64. The normalized spacial score (nSPS) is 25.8. The standard InChI is InChI=1S/C21H22N4O5S/c1-21(11-30-20(29)24-9-12-6-16(22)31-10-12)8-15-14(7-13-4-2-3-5-23-13)18(26)25(15)17(21)19(27)28/h2-7,10,15,17H,8-9,11,22H2,1H3,(H,24,29)(H,27,28)/p-1/b14-7+/t15?,17-,21-/m0/s1. The van der Waals surface area contributed by atoms with Gasteiger partial charge in [0.15, 0.2) is 0 Å². The summed E-state index contributed by atoms with van der Waals surface area (Å²) in [6.07, 6.45) is 2.95. The molecular weight excluding hydrogens is 420 g/mol. The van der Waals surface area contributed by atoms with Crippen LogP contribution in [0.1, 0.15) is 24.6 Å². The number of aromatic nitrogens is 1. The highest BCUT2D eigenvalue weighted by Crippen LogP contribution is 2.49. The maximum Gasteiger partial charge on any atom is 0.407 e. The maximum atomic E-state index is 12.7. The lowest BCUT2D eigenvalue weighted by atomic mass is 9.81. The van der Waals surface area contributed by atoms with E-state index in [0.29, 0.717) is 22.7 Å². The Morgan fingerprint density at radius 3 is 2.94 bits per heavy atom. The maximum absolute atomic E-state index is 12.7. The Labute approximate surface area is 182 Å². The van der Waals surface area contributed by atoms with Crippen molar-refractivity contribution in [3.8, 4) is 0 Å². The highest BCUT2D eigenvalue weighted by Gasteiger charge is 2.60. The van der Waals surface area contributed by atoms with Gasteiger partial charge in [-0.3, -0.25) is 9.78 Å². The fourth-order valence-corrected chi connectivity index (χ4v) is 4.83. The molecule has 10 heteroatoms. The van der Waals surface area contributed by atoms with Crippen molar-refractivity contribution in [3.05, 3.63) is 52.7 Å². The molecule has 2 aromatic rings. The quantitative estimate of drug-likeness (QED) is 0.499. The van der Waals surface area contributed by atoms with E-state index in [9.17, 15) is 19.5 Å². The Balaban J connectivity index is 1.43. The number of carboxylic acids is 1. The van der Waals surface area contributed by atoms with Gasteiger partial charge in [-0.15, -0.1) is 11.3 Å². The third-order valence-corrected chi connectivity index (χ3v) is 6.44. The molecule has 3 N–H and O–H groups in total. The predicted molar refractivity (Wildman–Crippen MR) is 111 cm³/mol. The van der Waals surface area contributed by atoms with Crippen LogP contribution in [0.2, 0.25) is 0 Å². The minimum Gasteiger partial charge on any atom is -0.548 e. The van der Waals surface area contributed by atoms with Crippen LogP contribution in [0.4, 0.5) is 9.80 Å². The summed E-state index contributed by atoms with van der Waals surface area (Å²) in [4.78, 5) is 42.1. The number of nitrogen functional groups attached to an aromatic ring is 1. The third-order valence-electron chi connectivity index (χ3n) is 5.63. The van der Waals surface area contributed by atoms with Gasteiger partial charge in [-0.1, -0.05) is 13.0 Å². The van der Waals surface area contributed by atoms with Gasteiger partial charge >= 0.3 is 6.09 Å². The van der Waals surface area contributed by atoms with Gasteiger partial charge in [-0.2, -0.15) is 0 Å². The Morgan fingerprint density at radius 2 is 2.29 bits per heavy atom. The number of hydrogen-bond donors (Lipinski definition) is 2. The van der Waals surface area contributed by atoms with Crippen LogP contribution in [-0.2, 0) is 20.9 Å². The molecule has 0 saturated carbocycles. The molecule has 4 rings (SSSR count). The SMILES string of the molecule is C[C@@]1(COC(=O)NCc2csc(N)c2)CC2/C(=C\c3ccccn3)C(=O)N2[C@H]1C(=O)[O-]. The molecule has 2 aromatic heterocycles. The fraction of sp³-hybridized carbons (Fsp3) is 0.333. The zero-order valence-corrected chi connectivity index (χ0v) is 17.6. The molecule has 2 aliphatic heterocycles. The van der Waals surface area contributed by atoms with Gasteiger partial charge in [0.1, 0.15) is 6.61 Å². The van der Waals surface area contributed by atoms with Gasteiger partial charge in [-0.25, -0.2) is 4.79 Å². The van der Waals surface area contributed by atoms with Crippen LogP contribution in [-0.4, -0.2) is 46.5 Å². The number of aliphatic carboxylic acids is 1. The number of carbonyl (C=O) groups is 3. The van der Waals surface area contributed by atoms with Gasteiger partial charge in [0.05, 0.1) is 28.7 Å². The van der Waals surface area contributed by atoms with Crippen LogP contribution in [0.25, 0.3) is 6.08 Å². The lowest BCUT2D eigenvalue weighted by Gasteiger charge is -2.42. The Bertz CT molecular complexity index is 1050. The Hall–Kier alpha value is -3.40. The summed E-state index contributed by atoms with van der Waals surface area (Å²) in [5, 5.41) is 17.0. The summed E-state index contributed by atoms with van der Waals surface area (Å²) < 4.78 is 5.31. The minimum absolute atomic E-state index is 0.166. The molecule has 0 radical (unpaired) electrons. The van der Waals surface area contributed by atoms with Crippen LogP contribution in [0, 0.1) is 5.41 Å². The van der Waals surface area contributed by atoms with Crippen molar-refractivity contribution in [2.75, 3.05) is 12.3 Å². The summed E-state index contributed by atoms with van der Waals surface area (Å²) in [7, 11) is 0. The molecule has 0 spiro atoms. The van der Waals surface area contributed by atoms with Crippen molar-refractivity contribution < 1.29 is 24.2 Å². The van der Waals surface area contributed by atoms with Crippen molar-refractivity contribution >= 4 is 40.4 Å². The number of carbonyl (C=O) groups excluding carboxylic acids is 3. The Kier molecular flexibility index (Phi) is 5.40. The number of rotatable bonds is 6. The molecule has 2 fully saturated rings. The lowest BCUT2D eigenvalue weighted by Crippen LogP contribution is -2.61. The number of nitrogens with zero attached hydrogens (tertiary/aromatic N) is 2. The van der Waals surface area contributed by atoms with Gasteiger partial charge in [0, 0.05) is 23.7 Å². The predicted octanol–water partition coefficient (Wildman–Crippen LogP) is 0.774. The second kappa shape index (κ2) is 8.03. The number of carboxylic acid groups (broad SMARTS) is 1. The second-order valence-corrected chi connectivity index (χ2v) is 8.89. The number of hydrogen-bond acceptors (Lipinski definition) is 8. The number of thiophene rings is 1. The molecule has 0 aromatic carbocycles. The van der Waals surface area contributed by atoms with Crippen molar-refractivity contribution in [3.63, 3.8) is 0 Å². The number of amides is 2. The van der Waals surface area contributed by atoms with E-state index in [1.54, 1.807) is 43.5 Å². The average molecular weight is 441 g/mol. The molecule has 162 valence electrons.